The van der Waals surface area contributed by atoms with Crippen LogP contribution in [0.4, 0.5) is 4.39 Å². The second kappa shape index (κ2) is 6.92. The Morgan fingerprint density at radius 2 is 1.65 bits per heavy atom. The van der Waals surface area contributed by atoms with Crippen molar-refractivity contribution in [1.82, 2.24) is 9.80 Å². The molecule has 1 fully saturated rings. The monoisotopic (exact) mass is 312 g/mol. The molecule has 1 saturated heterocycles. The SMILES string of the molecule is Cc1ccccc1CN1CCN(C(=O)c2ccccc2F)CC1. The fourth-order valence-electron chi connectivity index (χ4n) is 2.94. The molecule has 3 rings (SSSR count). The quantitative estimate of drug-likeness (QED) is 0.869. The maximum atomic E-state index is 13.7. The fourth-order valence-corrected chi connectivity index (χ4v) is 2.94. The van der Waals surface area contributed by atoms with Gasteiger partial charge in [-0.2, -0.15) is 0 Å². The first-order valence-corrected chi connectivity index (χ1v) is 7.96. The summed E-state index contributed by atoms with van der Waals surface area (Å²) in [4.78, 5) is 16.5. The van der Waals surface area contributed by atoms with Crippen LogP contribution in [-0.4, -0.2) is 41.9 Å². The van der Waals surface area contributed by atoms with Gasteiger partial charge in [0.2, 0.25) is 0 Å². The summed E-state index contributed by atoms with van der Waals surface area (Å²) in [5.41, 5.74) is 2.78. The van der Waals surface area contributed by atoms with E-state index in [2.05, 4.69) is 30.0 Å². The molecule has 1 aliphatic rings. The number of halogens is 1. The Balaban J connectivity index is 1.59. The minimum atomic E-state index is -0.445. The lowest BCUT2D eigenvalue weighted by Gasteiger charge is -2.35. The van der Waals surface area contributed by atoms with Gasteiger partial charge in [-0.05, 0) is 30.2 Å². The van der Waals surface area contributed by atoms with E-state index < -0.39 is 5.82 Å². The van der Waals surface area contributed by atoms with Crippen LogP contribution >= 0.6 is 0 Å². The van der Waals surface area contributed by atoms with Gasteiger partial charge in [0.25, 0.3) is 5.91 Å². The molecule has 4 heteroatoms. The van der Waals surface area contributed by atoms with Crippen molar-refractivity contribution in [1.29, 1.82) is 0 Å². The number of nitrogens with zero attached hydrogens (tertiary/aromatic N) is 2. The van der Waals surface area contributed by atoms with Crippen LogP contribution in [0.25, 0.3) is 0 Å². The topological polar surface area (TPSA) is 23.6 Å². The number of piperazine rings is 1. The number of benzene rings is 2. The summed E-state index contributed by atoms with van der Waals surface area (Å²) in [5, 5.41) is 0. The lowest BCUT2D eigenvalue weighted by molar-refractivity contribution is 0.0623. The molecule has 0 saturated carbocycles. The molecule has 0 bridgehead atoms. The first-order valence-electron chi connectivity index (χ1n) is 7.96. The van der Waals surface area contributed by atoms with E-state index in [0.29, 0.717) is 13.1 Å². The summed E-state index contributed by atoms with van der Waals surface area (Å²) in [7, 11) is 0. The summed E-state index contributed by atoms with van der Waals surface area (Å²) in [6.07, 6.45) is 0. The second-order valence-corrected chi connectivity index (χ2v) is 5.97. The molecule has 3 nitrogen and oxygen atoms in total. The Bertz CT molecular complexity index is 693. The van der Waals surface area contributed by atoms with E-state index in [1.54, 1.807) is 23.1 Å². The van der Waals surface area contributed by atoms with Crippen molar-refractivity contribution in [3.63, 3.8) is 0 Å². The molecule has 2 aromatic rings. The Morgan fingerprint density at radius 1 is 1.00 bits per heavy atom. The van der Waals surface area contributed by atoms with Crippen LogP contribution in [0.2, 0.25) is 0 Å². The zero-order valence-electron chi connectivity index (χ0n) is 13.3. The number of rotatable bonds is 3. The molecule has 0 spiro atoms. The third-order valence-corrected chi connectivity index (χ3v) is 4.42. The third-order valence-electron chi connectivity index (χ3n) is 4.42. The smallest absolute Gasteiger partial charge is 0.256 e. The highest BCUT2D eigenvalue weighted by Crippen LogP contribution is 2.15. The minimum Gasteiger partial charge on any atom is -0.336 e. The Labute approximate surface area is 136 Å². The predicted octanol–water partition coefficient (Wildman–Crippen LogP) is 3.09. The zero-order valence-corrected chi connectivity index (χ0v) is 13.3. The van der Waals surface area contributed by atoms with E-state index in [4.69, 9.17) is 0 Å². The van der Waals surface area contributed by atoms with Gasteiger partial charge >= 0.3 is 0 Å². The summed E-state index contributed by atoms with van der Waals surface area (Å²) >= 11 is 0. The van der Waals surface area contributed by atoms with Crippen LogP contribution in [0, 0.1) is 12.7 Å². The summed E-state index contributed by atoms with van der Waals surface area (Å²) in [6, 6.07) is 14.6. The van der Waals surface area contributed by atoms with Crippen molar-refractivity contribution in [2.24, 2.45) is 0 Å². The first-order chi connectivity index (χ1) is 11.1. The molecular weight excluding hydrogens is 291 g/mol. The molecule has 0 radical (unpaired) electrons. The number of hydrogen-bond acceptors (Lipinski definition) is 2. The molecule has 0 aliphatic carbocycles. The molecule has 0 atom stereocenters. The maximum absolute atomic E-state index is 13.7. The molecule has 1 amide bonds. The van der Waals surface area contributed by atoms with E-state index in [0.717, 1.165) is 19.6 Å². The highest BCUT2D eigenvalue weighted by molar-refractivity contribution is 5.94. The van der Waals surface area contributed by atoms with E-state index >= 15 is 0 Å². The first kappa shape index (κ1) is 15.7. The van der Waals surface area contributed by atoms with Crippen LogP contribution in [0.3, 0.4) is 0 Å². The van der Waals surface area contributed by atoms with Gasteiger partial charge in [-0.25, -0.2) is 4.39 Å². The van der Waals surface area contributed by atoms with Gasteiger partial charge in [0.15, 0.2) is 0 Å². The molecule has 1 heterocycles. The summed E-state index contributed by atoms with van der Waals surface area (Å²) in [5.74, 6) is -0.654. The van der Waals surface area contributed by atoms with Crippen LogP contribution in [-0.2, 0) is 6.54 Å². The van der Waals surface area contributed by atoms with Gasteiger partial charge in [0, 0.05) is 32.7 Å². The van der Waals surface area contributed by atoms with Crippen molar-refractivity contribution in [2.75, 3.05) is 26.2 Å². The lowest BCUT2D eigenvalue weighted by atomic mass is 10.1. The van der Waals surface area contributed by atoms with E-state index in [1.807, 2.05) is 6.07 Å². The van der Waals surface area contributed by atoms with Crippen LogP contribution < -0.4 is 0 Å². The van der Waals surface area contributed by atoms with Crippen molar-refractivity contribution in [3.8, 4) is 0 Å². The van der Waals surface area contributed by atoms with Gasteiger partial charge in [-0.1, -0.05) is 36.4 Å². The largest absolute Gasteiger partial charge is 0.336 e. The van der Waals surface area contributed by atoms with Gasteiger partial charge < -0.3 is 4.90 Å². The molecule has 0 aromatic heterocycles. The van der Waals surface area contributed by atoms with Crippen molar-refractivity contribution >= 4 is 5.91 Å². The molecule has 1 aliphatic heterocycles. The Morgan fingerprint density at radius 3 is 2.35 bits per heavy atom. The maximum Gasteiger partial charge on any atom is 0.256 e. The number of aryl methyl sites for hydroxylation is 1. The van der Waals surface area contributed by atoms with Gasteiger partial charge in [-0.3, -0.25) is 9.69 Å². The van der Waals surface area contributed by atoms with Crippen molar-refractivity contribution in [2.45, 2.75) is 13.5 Å². The van der Waals surface area contributed by atoms with Crippen LogP contribution in [0.5, 0.6) is 0 Å². The van der Waals surface area contributed by atoms with E-state index in [-0.39, 0.29) is 11.5 Å². The highest BCUT2D eigenvalue weighted by Gasteiger charge is 2.23. The molecule has 120 valence electrons. The standard InChI is InChI=1S/C19H21FN2O/c1-15-6-2-3-7-16(15)14-21-10-12-22(13-11-21)19(23)17-8-4-5-9-18(17)20/h2-9H,10-14H2,1H3. The lowest BCUT2D eigenvalue weighted by Crippen LogP contribution is -2.48. The van der Waals surface area contributed by atoms with Gasteiger partial charge in [0.05, 0.1) is 5.56 Å². The molecule has 0 N–H and O–H groups in total. The summed E-state index contributed by atoms with van der Waals surface area (Å²) < 4.78 is 13.7. The minimum absolute atomic E-state index is 0.167. The van der Waals surface area contributed by atoms with Crippen molar-refractivity contribution in [3.05, 3.63) is 71.0 Å². The normalized spacial score (nSPS) is 15.7. The average molecular weight is 312 g/mol. The number of hydrogen-bond donors (Lipinski definition) is 0. The highest BCUT2D eigenvalue weighted by atomic mass is 19.1. The summed E-state index contributed by atoms with van der Waals surface area (Å²) in [6.45, 7) is 5.92. The fraction of sp³-hybridized carbons (Fsp3) is 0.316. The molecule has 0 unspecified atom stereocenters. The second-order valence-electron chi connectivity index (χ2n) is 5.97. The van der Waals surface area contributed by atoms with Gasteiger partial charge in [-0.15, -0.1) is 0 Å². The molecule has 23 heavy (non-hydrogen) atoms. The van der Waals surface area contributed by atoms with Gasteiger partial charge in [0.1, 0.15) is 5.82 Å². The number of carbonyl (C=O) groups excluding carboxylic acids is 1. The zero-order chi connectivity index (χ0) is 16.2. The van der Waals surface area contributed by atoms with E-state index in [1.165, 1.54) is 17.2 Å². The Hall–Kier alpha value is -2.20. The number of carbonyl (C=O) groups is 1. The Kier molecular flexibility index (Phi) is 4.72. The van der Waals surface area contributed by atoms with Crippen LogP contribution in [0.1, 0.15) is 21.5 Å². The third kappa shape index (κ3) is 3.59. The number of amides is 1. The molecule has 2 aromatic carbocycles. The molecular formula is C19H21FN2O. The van der Waals surface area contributed by atoms with Crippen LogP contribution in [0.15, 0.2) is 48.5 Å². The van der Waals surface area contributed by atoms with E-state index in [9.17, 15) is 9.18 Å². The van der Waals surface area contributed by atoms with Crippen molar-refractivity contribution < 1.29 is 9.18 Å². The average Bonchev–Trinajstić information content (AvgIpc) is 2.57. The predicted molar refractivity (Wildman–Crippen MR) is 88.8 cm³/mol.